The molecule has 2 amide bonds. The lowest BCUT2D eigenvalue weighted by Gasteiger charge is -2.23. The van der Waals surface area contributed by atoms with E-state index in [9.17, 15) is 18.8 Å². The zero-order valence-corrected chi connectivity index (χ0v) is 17.5. The number of nitrogens with zero attached hydrogens (tertiary/aromatic N) is 2. The molecule has 0 aliphatic rings. The van der Waals surface area contributed by atoms with Crippen molar-refractivity contribution in [3.63, 3.8) is 0 Å². The van der Waals surface area contributed by atoms with E-state index in [1.165, 1.54) is 45.6 Å². The van der Waals surface area contributed by atoms with Crippen molar-refractivity contribution in [2.24, 2.45) is 0 Å². The number of hydrogen-bond donors (Lipinski definition) is 0. The summed E-state index contributed by atoms with van der Waals surface area (Å²) in [5, 5.41) is 0. The first-order valence-corrected chi connectivity index (χ1v) is 9.30. The van der Waals surface area contributed by atoms with Gasteiger partial charge in [0, 0.05) is 17.2 Å². The molecule has 0 radical (unpaired) electrons. The van der Waals surface area contributed by atoms with Gasteiger partial charge in [-0.2, -0.15) is 0 Å². The SMILES string of the molecule is COc1ccc(C(=O)N(C(=O)c2ccc(OC)cc2)c2cc(F)c(C=O)nc2OC)cc1. The van der Waals surface area contributed by atoms with Crippen LogP contribution in [-0.4, -0.2) is 44.4 Å². The molecule has 0 fully saturated rings. The third kappa shape index (κ3) is 4.41. The van der Waals surface area contributed by atoms with Crippen LogP contribution >= 0.6 is 0 Å². The van der Waals surface area contributed by atoms with Crippen LogP contribution < -0.4 is 19.1 Å². The van der Waals surface area contributed by atoms with Crippen LogP contribution in [0.25, 0.3) is 0 Å². The first-order chi connectivity index (χ1) is 15.4. The second kappa shape index (κ2) is 9.69. The quantitative estimate of drug-likeness (QED) is 0.411. The summed E-state index contributed by atoms with van der Waals surface area (Å²) in [6.07, 6.45) is 0.211. The molecule has 9 heteroatoms. The zero-order chi connectivity index (χ0) is 23.3. The lowest BCUT2D eigenvalue weighted by Crippen LogP contribution is -2.37. The first-order valence-electron chi connectivity index (χ1n) is 9.30. The Bertz CT molecular complexity index is 1090. The Hall–Kier alpha value is -4.27. The van der Waals surface area contributed by atoms with Crippen molar-refractivity contribution >= 4 is 23.8 Å². The molecule has 0 saturated carbocycles. The number of aromatic nitrogens is 1. The van der Waals surface area contributed by atoms with Crippen LogP contribution in [0.15, 0.2) is 54.6 Å². The summed E-state index contributed by atoms with van der Waals surface area (Å²) < 4.78 is 29.8. The van der Waals surface area contributed by atoms with Crippen molar-refractivity contribution in [3.8, 4) is 17.4 Å². The summed E-state index contributed by atoms with van der Waals surface area (Å²) in [4.78, 5) is 42.4. The van der Waals surface area contributed by atoms with Crippen molar-refractivity contribution in [1.29, 1.82) is 0 Å². The fourth-order valence-corrected chi connectivity index (χ4v) is 2.91. The molecule has 0 aliphatic heterocycles. The first kappa shape index (κ1) is 22.4. The van der Waals surface area contributed by atoms with Crippen molar-refractivity contribution in [2.75, 3.05) is 26.2 Å². The van der Waals surface area contributed by atoms with Crippen molar-refractivity contribution in [3.05, 3.63) is 77.2 Å². The average Bonchev–Trinajstić information content (AvgIpc) is 2.84. The maximum Gasteiger partial charge on any atom is 0.265 e. The molecule has 1 aromatic heterocycles. The topological polar surface area (TPSA) is 95.0 Å². The second-order valence-corrected chi connectivity index (χ2v) is 6.40. The van der Waals surface area contributed by atoms with Gasteiger partial charge in [0.05, 0.1) is 21.3 Å². The Kier molecular flexibility index (Phi) is 6.79. The molecular weight excluding hydrogens is 419 g/mol. The van der Waals surface area contributed by atoms with Crippen LogP contribution in [-0.2, 0) is 0 Å². The van der Waals surface area contributed by atoms with Gasteiger partial charge in [0.25, 0.3) is 11.8 Å². The van der Waals surface area contributed by atoms with E-state index in [1.54, 1.807) is 24.3 Å². The maximum absolute atomic E-state index is 14.4. The monoisotopic (exact) mass is 438 g/mol. The number of carbonyl (C=O) groups is 3. The molecule has 32 heavy (non-hydrogen) atoms. The normalized spacial score (nSPS) is 10.2. The number of aldehydes is 1. The maximum atomic E-state index is 14.4. The predicted octanol–water partition coefficient (Wildman–Crippen LogP) is 3.55. The number of amides is 2. The van der Waals surface area contributed by atoms with Gasteiger partial charge in [-0.05, 0) is 48.5 Å². The number of ether oxygens (including phenoxy) is 3. The standard InChI is InChI=1S/C23H19FN2O6/c1-30-16-8-4-14(5-9-16)22(28)26(23(29)15-6-10-17(31-2)11-7-15)20-12-18(24)19(13-27)25-21(20)32-3/h4-13H,1-3H3. The lowest BCUT2D eigenvalue weighted by atomic mass is 10.1. The van der Waals surface area contributed by atoms with Crippen LogP contribution in [0.4, 0.5) is 10.1 Å². The molecule has 164 valence electrons. The van der Waals surface area contributed by atoms with Gasteiger partial charge in [-0.3, -0.25) is 14.4 Å². The average molecular weight is 438 g/mol. The third-order valence-electron chi connectivity index (χ3n) is 4.58. The largest absolute Gasteiger partial charge is 0.497 e. The van der Waals surface area contributed by atoms with Crippen LogP contribution in [0.3, 0.4) is 0 Å². The lowest BCUT2D eigenvalue weighted by molar-refractivity contribution is 0.0896. The number of imide groups is 1. The van der Waals surface area contributed by atoms with E-state index in [2.05, 4.69) is 4.98 Å². The fraction of sp³-hybridized carbons (Fsp3) is 0.130. The molecule has 1 heterocycles. The summed E-state index contributed by atoms with van der Waals surface area (Å²) in [6.45, 7) is 0. The number of halogens is 1. The van der Waals surface area contributed by atoms with Crippen LogP contribution in [0.5, 0.6) is 17.4 Å². The molecule has 3 rings (SSSR count). The number of anilines is 1. The molecular formula is C23H19FN2O6. The van der Waals surface area contributed by atoms with E-state index in [4.69, 9.17) is 14.2 Å². The predicted molar refractivity (Wildman–Crippen MR) is 113 cm³/mol. The van der Waals surface area contributed by atoms with Gasteiger partial charge < -0.3 is 14.2 Å². The number of methoxy groups -OCH3 is 3. The van der Waals surface area contributed by atoms with Gasteiger partial charge in [0.2, 0.25) is 5.88 Å². The number of pyridine rings is 1. The third-order valence-corrected chi connectivity index (χ3v) is 4.58. The second-order valence-electron chi connectivity index (χ2n) is 6.40. The van der Waals surface area contributed by atoms with Crippen LogP contribution in [0, 0.1) is 5.82 Å². The summed E-state index contributed by atoms with van der Waals surface area (Å²) in [5.74, 6) is -1.77. The highest BCUT2D eigenvalue weighted by atomic mass is 19.1. The van der Waals surface area contributed by atoms with E-state index in [1.807, 2.05) is 0 Å². The number of carbonyl (C=O) groups excluding carboxylic acids is 3. The summed E-state index contributed by atoms with van der Waals surface area (Å²) in [7, 11) is 4.18. The van der Waals surface area contributed by atoms with Crippen molar-refractivity contribution in [2.45, 2.75) is 0 Å². The highest BCUT2D eigenvalue weighted by Gasteiger charge is 2.30. The number of rotatable bonds is 7. The smallest absolute Gasteiger partial charge is 0.265 e. The van der Waals surface area contributed by atoms with Crippen molar-refractivity contribution in [1.82, 2.24) is 4.98 Å². The highest BCUT2D eigenvalue weighted by molar-refractivity contribution is 6.26. The Morgan fingerprint density at radius 1 is 0.844 bits per heavy atom. The molecule has 0 N–H and O–H groups in total. The summed E-state index contributed by atoms with van der Waals surface area (Å²) in [6, 6.07) is 12.9. The highest BCUT2D eigenvalue weighted by Crippen LogP contribution is 2.31. The Morgan fingerprint density at radius 3 is 1.69 bits per heavy atom. The number of hydrogen-bond acceptors (Lipinski definition) is 7. The van der Waals surface area contributed by atoms with Gasteiger partial charge in [-0.1, -0.05) is 0 Å². The van der Waals surface area contributed by atoms with E-state index in [0.29, 0.717) is 11.5 Å². The zero-order valence-electron chi connectivity index (χ0n) is 17.5. The van der Waals surface area contributed by atoms with Gasteiger partial charge >= 0.3 is 0 Å². The molecule has 2 aromatic carbocycles. The molecule has 8 nitrogen and oxygen atoms in total. The van der Waals surface area contributed by atoms with Gasteiger partial charge in [-0.15, -0.1) is 0 Å². The summed E-state index contributed by atoms with van der Waals surface area (Å²) >= 11 is 0. The Morgan fingerprint density at radius 2 is 1.31 bits per heavy atom. The molecule has 0 saturated heterocycles. The van der Waals surface area contributed by atoms with E-state index in [0.717, 1.165) is 11.0 Å². The molecule has 0 atom stereocenters. The Labute approximate surface area is 183 Å². The minimum Gasteiger partial charge on any atom is -0.497 e. The van der Waals surface area contributed by atoms with Crippen LogP contribution in [0.2, 0.25) is 0 Å². The fourth-order valence-electron chi connectivity index (χ4n) is 2.91. The van der Waals surface area contributed by atoms with Gasteiger partial charge in [0.15, 0.2) is 12.1 Å². The van der Waals surface area contributed by atoms with E-state index >= 15 is 0 Å². The van der Waals surface area contributed by atoms with Crippen molar-refractivity contribution < 1.29 is 33.0 Å². The Balaban J connectivity index is 2.16. The molecule has 3 aromatic rings. The van der Waals surface area contributed by atoms with Crippen LogP contribution in [0.1, 0.15) is 31.2 Å². The number of benzene rings is 2. The minimum absolute atomic E-state index is 0.134. The molecule has 0 unspecified atom stereocenters. The molecule has 0 aliphatic carbocycles. The van der Waals surface area contributed by atoms with Gasteiger partial charge in [-0.25, -0.2) is 14.3 Å². The van der Waals surface area contributed by atoms with E-state index < -0.39 is 23.3 Å². The molecule has 0 bridgehead atoms. The van der Waals surface area contributed by atoms with Gasteiger partial charge in [0.1, 0.15) is 22.9 Å². The molecule has 0 spiro atoms. The van der Waals surface area contributed by atoms with E-state index in [-0.39, 0.29) is 29.0 Å². The minimum atomic E-state index is -1.01. The summed E-state index contributed by atoms with van der Waals surface area (Å²) in [5.41, 5.74) is -0.499.